The molecule has 1 heterocycles. The number of nitrogens with zero attached hydrogens (tertiary/aromatic N) is 1. The highest BCUT2D eigenvalue weighted by Crippen LogP contribution is 2.20. The van der Waals surface area contributed by atoms with E-state index in [0.29, 0.717) is 11.5 Å². The average molecular weight is 319 g/mol. The highest BCUT2D eigenvalue weighted by atomic mass is 16.5. The first-order valence-corrected chi connectivity index (χ1v) is 7.64. The second-order valence-electron chi connectivity index (χ2n) is 5.35. The number of rotatable bonds is 5. The molecular formula is C20H17NO3. The summed E-state index contributed by atoms with van der Waals surface area (Å²) in [6, 6.07) is 19.2. The van der Waals surface area contributed by atoms with Gasteiger partial charge in [0.05, 0.1) is 0 Å². The van der Waals surface area contributed by atoms with Crippen LogP contribution in [0.15, 0.2) is 71.3 Å². The van der Waals surface area contributed by atoms with Crippen molar-refractivity contribution in [3.05, 3.63) is 83.6 Å². The van der Waals surface area contributed by atoms with Crippen molar-refractivity contribution < 1.29 is 14.1 Å². The van der Waals surface area contributed by atoms with Crippen molar-refractivity contribution in [2.75, 3.05) is 0 Å². The summed E-state index contributed by atoms with van der Waals surface area (Å²) in [5, 5.41) is 3.92. The molecule has 0 bridgehead atoms. The number of aromatic nitrogens is 1. The number of ether oxygens (including phenoxy) is 1. The molecule has 4 nitrogen and oxygen atoms in total. The van der Waals surface area contributed by atoms with Gasteiger partial charge in [0.2, 0.25) is 0 Å². The van der Waals surface area contributed by atoms with E-state index in [4.69, 9.17) is 9.26 Å². The first-order valence-electron chi connectivity index (χ1n) is 7.64. The molecular weight excluding hydrogens is 302 g/mol. The van der Waals surface area contributed by atoms with Crippen molar-refractivity contribution in [1.29, 1.82) is 0 Å². The molecule has 120 valence electrons. The molecule has 0 unspecified atom stereocenters. The van der Waals surface area contributed by atoms with E-state index < -0.39 is 5.97 Å². The Morgan fingerprint density at radius 3 is 2.67 bits per heavy atom. The Morgan fingerprint density at radius 2 is 1.88 bits per heavy atom. The van der Waals surface area contributed by atoms with Gasteiger partial charge in [-0.3, -0.25) is 0 Å². The van der Waals surface area contributed by atoms with Gasteiger partial charge in [-0.15, -0.1) is 0 Å². The van der Waals surface area contributed by atoms with E-state index >= 15 is 0 Å². The predicted molar refractivity (Wildman–Crippen MR) is 91.9 cm³/mol. The summed E-state index contributed by atoms with van der Waals surface area (Å²) in [7, 11) is 0. The fraction of sp³-hybridized carbons (Fsp3) is 0.100. The van der Waals surface area contributed by atoms with Gasteiger partial charge in [-0.1, -0.05) is 59.8 Å². The summed E-state index contributed by atoms with van der Waals surface area (Å²) >= 11 is 0. The topological polar surface area (TPSA) is 52.3 Å². The van der Waals surface area contributed by atoms with Crippen LogP contribution in [0.3, 0.4) is 0 Å². The van der Waals surface area contributed by atoms with Gasteiger partial charge >= 0.3 is 5.97 Å². The Hall–Kier alpha value is -3.14. The first-order chi connectivity index (χ1) is 11.7. The van der Waals surface area contributed by atoms with E-state index in [0.717, 1.165) is 16.7 Å². The zero-order valence-corrected chi connectivity index (χ0v) is 13.3. The molecule has 3 aromatic rings. The van der Waals surface area contributed by atoms with E-state index in [-0.39, 0.29) is 6.61 Å². The fourth-order valence-electron chi connectivity index (χ4n) is 2.24. The van der Waals surface area contributed by atoms with Gasteiger partial charge in [0, 0.05) is 17.7 Å². The van der Waals surface area contributed by atoms with Crippen LogP contribution in [-0.4, -0.2) is 11.1 Å². The molecule has 4 heteroatoms. The Morgan fingerprint density at radius 1 is 1.12 bits per heavy atom. The Balaban J connectivity index is 1.57. The number of esters is 1. The highest BCUT2D eigenvalue weighted by Gasteiger charge is 2.08. The van der Waals surface area contributed by atoms with Crippen LogP contribution in [0.4, 0.5) is 0 Å². The number of hydrogen-bond acceptors (Lipinski definition) is 4. The van der Waals surface area contributed by atoms with Gasteiger partial charge in [0.1, 0.15) is 12.3 Å². The molecule has 0 radical (unpaired) electrons. The SMILES string of the molecule is Cc1ccccc1/C=C/C(=O)OCc1cc(-c2ccccc2)on1. The lowest BCUT2D eigenvalue weighted by Gasteiger charge is -1.99. The summed E-state index contributed by atoms with van der Waals surface area (Å²) in [4.78, 5) is 11.8. The van der Waals surface area contributed by atoms with E-state index in [1.54, 1.807) is 12.1 Å². The van der Waals surface area contributed by atoms with Crippen molar-refractivity contribution in [2.24, 2.45) is 0 Å². The third-order valence-corrected chi connectivity index (χ3v) is 3.57. The molecule has 3 rings (SSSR count). The van der Waals surface area contributed by atoms with Crippen LogP contribution in [0.2, 0.25) is 0 Å². The largest absolute Gasteiger partial charge is 0.456 e. The van der Waals surface area contributed by atoms with Crippen molar-refractivity contribution >= 4 is 12.0 Å². The molecule has 24 heavy (non-hydrogen) atoms. The normalized spacial score (nSPS) is 10.9. The number of hydrogen-bond donors (Lipinski definition) is 0. The maximum absolute atomic E-state index is 11.8. The molecule has 0 saturated heterocycles. The van der Waals surface area contributed by atoms with Crippen LogP contribution < -0.4 is 0 Å². The molecule has 0 fully saturated rings. The summed E-state index contributed by atoms with van der Waals surface area (Å²) < 4.78 is 10.5. The number of aryl methyl sites for hydroxylation is 1. The lowest BCUT2D eigenvalue weighted by atomic mass is 10.1. The van der Waals surface area contributed by atoms with Gasteiger partial charge in [-0.05, 0) is 24.1 Å². The maximum Gasteiger partial charge on any atom is 0.331 e. The van der Waals surface area contributed by atoms with Crippen LogP contribution in [0.1, 0.15) is 16.8 Å². The molecule has 0 N–H and O–H groups in total. The van der Waals surface area contributed by atoms with Crippen molar-refractivity contribution in [3.8, 4) is 11.3 Å². The van der Waals surface area contributed by atoms with Gasteiger partial charge < -0.3 is 9.26 Å². The van der Waals surface area contributed by atoms with E-state index in [2.05, 4.69) is 5.16 Å². The van der Waals surface area contributed by atoms with Crippen LogP contribution in [0, 0.1) is 6.92 Å². The molecule has 0 aliphatic carbocycles. The lowest BCUT2D eigenvalue weighted by molar-refractivity contribution is -0.139. The van der Waals surface area contributed by atoms with Crippen molar-refractivity contribution in [1.82, 2.24) is 5.16 Å². The van der Waals surface area contributed by atoms with Crippen LogP contribution in [-0.2, 0) is 16.1 Å². The lowest BCUT2D eigenvalue weighted by Crippen LogP contribution is -2.00. The minimum Gasteiger partial charge on any atom is -0.456 e. The monoisotopic (exact) mass is 319 g/mol. The predicted octanol–water partition coefficient (Wildman–Crippen LogP) is 4.41. The summed E-state index contributed by atoms with van der Waals surface area (Å²) in [6.45, 7) is 2.07. The minimum absolute atomic E-state index is 0.0767. The Labute approximate surface area is 140 Å². The van der Waals surface area contributed by atoms with Crippen molar-refractivity contribution in [3.63, 3.8) is 0 Å². The fourth-order valence-corrected chi connectivity index (χ4v) is 2.24. The molecule has 1 aromatic heterocycles. The quantitative estimate of drug-likeness (QED) is 0.516. The Kier molecular flexibility index (Phi) is 4.87. The molecule has 0 spiro atoms. The van der Waals surface area contributed by atoms with E-state index in [1.807, 2.05) is 61.5 Å². The molecule has 0 atom stereocenters. The summed E-state index contributed by atoms with van der Waals surface area (Å²) in [5.74, 6) is 0.236. The molecule has 0 saturated carbocycles. The second-order valence-corrected chi connectivity index (χ2v) is 5.35. The van der Waals surface area contributed by atoms with Gasteiger partial charge in [-0.25, -0.2) is 4.79 Å². The summed E-state index contributed by atoms with van der Waals surface area (Å²) in [5.41, 5.74) is 3.60. The standard InChI is InChI=1S/C20H17NO3/c1-15-7-5-6-8-16(15)11-12-20(22)23-14-18-13-19(24-21-18)17-9-3-2-4-10-17/h2-13H,14H2,1H3/b12-11+. The summed E-state index contributed by atoms with van der Waals surface area (Å²) in [6.07, 6.45) is 3.16. The second kappa shape index (κ2) is 7.42. The van der Waals surface area contributed by atoms with Crippen LogP contribution in [0.5, 0.6) is 0 Å². The number of benzene rings is 2. The maximum atomic E-state index is 11.8. The van der Waals surface area contributed by atoms with Crippen molar-refractivity contribution in [2.45, 2.75) is 13.5 Å². The van der Waals surface area contributed by atoms with Gasteiger partial charge in [0.15, 0.2) is 5.76 Å². The minimum atomic E-state index is -0.414. The number of carbonyl (C=O) groups is 1. The van der Waals surface area contributed by atoms with Crippen LogP contribution >= 0.6 is 0 Å². The number of carbonyl (C=O) groups excluding carboxylic acids is 1. The van der Waals surface area contributed by atoms with E-state index in [9.17, 15) is 4.79 Å². The molecule has 0 amide bonds. The van der Waals surface area contributed by atoms with Gasteiger partial charge in [-0.2, -0.15) is 0 Å². The third kappa shape index (κ3) is 3.98. The van der Waals surface area contributed by atoms with E-state index in [1.165, 1.54) is 6.08 Å². The van der Waals surface area contributed by atoms with Gasteiger partial charge in [0.25, 0.3) is 0 Å². The first kappa shape index (κ1) is 15.7. The zero-order valence-electron chi connectivity index (χ0n) is 13.3. The molecule has 0 aliphatic heterocycles. The molecule has 2 aromatic carbocycles. The van der Waals surface area contributed by atoms with Crippen LogP contribution in [0.25, 0.3) is 17.4 Å². The average Bonchev–Trinajstić information content (AvgIpc) is 3.09. The highest BCUT2D eigenvalue weighted by molar-refractivity contribution is 5.87. The Bertz CT molecular complexity index is 850. The third-order valence-electron chi connectivity index (χ3n) is 3.57. The smallest absolute Gasteiger partial charge is 0.331 e. The zero-order chi connectivity index (χ0) is 16.8. The molecule has 0 aliphatic rings.